The Bertz CT molecular complexity index is 837. The van der Waals surface area contributed by atoms with Crippen molar-refractivity contribution in [2.75, 3.05) is 5.32 Å². The number of nitrogens with one attached hydrogen (secondary N) is 2. The number of carbonyl (C=O) groups excluding carboxylic acids is 1. The summed E-state index contributed by atoms with van der Waals surface area (Å²) in [6.45, 7) is 5.53. The first-order chi connectivity index (χ1) is 11.4. The van der Waals surface area contributed by atoms with Gasteiger partial charge < -0.3 is 10.3 Å². The van der Waals surface area contributed by atoms with Crippen LogP contribution in [0.3, 0.4) is 0 Å². The van der Waals surface area contributed by atoms with Gasteiger partial charge in [-0.3, -0.25) is 9.59 Å². The summed E-state index contributed by atoms with van der Waals surface area (Å²) in [5.74, 6) is -0.186. The Labute approximate surface area is 144 Å². The van der Waals surface area contributed by atoms with Crippen molar-refractivity contribution in [3.8, 4) is 6.07 Å². The first-order valence-electron chi connectivity index (χ1n) is 7.52. The Morgan fingerprint density at radius 1 is 1.42 bits per heavy atom. The van der Waals surface area contributed by atoms with E-state index in [1.165, 1.54) is 0 Å². The summed E-state index contributed by atoms with van der Waals surface area (Å²) in [7, 11) is 0. The number of hydrogen-bond acceptors (Lipinski definition) is 5. The highest BCUT2D eigenvalue weighted by Gasteiger charge is 2.18. The second kappa shape index (κ2) is 7.79. The lowest BCUT2D eigenvalue weighted by Gasteiger charge is -2.12. The minimum absolute atomic E-state index is 0.0265. The number of anilines is 1. The lowest BCUT2D eigenvalue weighted by molar-refractivity contribution is -0.115. The highest BCUT2D eigenvalue weighted by molar-refractivity contribution is 8.00. The maximum Gasteiger partial charge on any atom is 0.269 e. The van der Waals surface area contributed by atoms with E-state index in [-0.39, 0.29) is 11.5 Å². The number of aryl methyl sites for hydroxylation is 2. The topological polar surface area (TPSA) is 98.6 Å². The fourth-order valence-corrected chi connectivity index (χ4v) is 2.84. The second-order valence-corrected chi connectivity index (χ2v) is 6.60. The fourth-order valence-electron chi connectivity index (χ4n) is 2.03. The average Bonchev–Trinajstić information content (AvgIpc) is 2.56. The average molecular weight is 342 g/mol. The van der Waals surface area contributed by atoms with Gasteiger partial charge in [-0.15, -0.1) is 0 Å². The number of benzene rings is 1. The van der Waals surface area contributed by atoms with Gasteiger partial charge in [-0.2, -0.15) is 5.26 Å². The standard InChI is InChI=1S/C17H18N4O2S/c1-4-14-13(9-18)16(23)21-17(20-14)24-11(3)15(22)19-12-7-5-10(2)6-8-12/h5-8,11H,4H2,1-3H3,(H,19,22)(H,20,21,23)/t11-/m1/s1. The minimum atomic E-state index is -0.474. The molecule has 1 heterocycles. The van der Waals surface area contributed by atoms with E-state index in [0.29, 0.717) is 23.0 Å². The highest BCUT2D eigenvalue weighted by atomic mass is 32.2. The molecule has 24 heavy (non-hydrogen) atoms. The molecule has 0 aliphatic carbocycles. The van der Waals surface area contributed by atoms with Crippen LogP contribution in [0, 0.1) is 18.3 Å². The summed E-state index contributed by atoms with van der Waals surface area (Å²) in [5, 5.41) is 11.7. The van der Waals surface area contributed by atoms with Gasteiger partial charge in [-0.25, -0.2) is 4.98 Å². The number of nitrogens with zero attached hydrogens (tertiary/aromatic N) is 2. The van der Waals surface area contributed by atoms with Crippen LogP contribution in [-0.2, 0) is 11.2 Å². The summed E-state index contributed by atoms with van der Waals surface area (Å²) in [5.41, 5.74) is 1.82. The quantitative estimate of drug-likeness (QED) is 0.643. The molecule has 0 fully saturated rings. The van der Waals surface area contributed by atoms with Gasteiger partial charge in [0.2, 0.25) is 5.91 Å². The molecule has 2 N–H and O–H groups in total. The van der Waals surface area contributed by atoms with Crippen LogP contribution in [0.2, 0.25) is 0 Å². The van der Waals surface area contributed by atoms with Crippen molar-refractivity contribution < 1.29 is 4.79 Å². The summed E-state index contributed by atoms with van der Waals surface area (Å²) >= 11 is 1.15. The van der Waals surface area contributed by atoms with Crippen LogP contribution in [-0.4, -0.2) is 21.1 Å². The number of thioether (sulfide) groups is 1. The van der Waals surface area contributed by atoms with E-state index in [9.17, 15) is 9.59 Å². The van der Waals surface area contributed by atoms with E-state index >= 15 is 0 Å². The van der Waals surface area contributed by atoms with Gasteiger partial charge in [0.15, 0.2) is 5.16 Å². The Balaban J connectivity index is 2.11. The molecule has 0 radical (unpaired) electrons. The Morgan fingerprint density at radius 2 is 2.08 bits per heavy atom. The van der Waals surface area contributed by atoms with E-state index in [0.717, 1.165) is 17.3 Å². The predicted octanol–water partition coefficient (Wildman–Crippen LogP) is 2.63. The maximum absolute atomic E-state index is 12.3. The third-order valence-corrected chi connectivity index (χ3v) is 4.38. The zero-order chi connectivity index (χ0) is 17.7. The summed E-state index contributed by atoms with van der Waals surface area (Å²) in [6.07, 6.45) is 0.477. The molecule has 1 amide bonds. The molecule has 2 rings (SSSR count). The normalized spacial score (nSPS) is 11.6. The monoisotopic (exact) mass is 342 g/mol. The molecule has 0 spiro atoms. The van der Waals surface area contributed by atoms with E-state index in [4.69, 9.17) is 5.26 Å². The van der Waals surface area contributed by atoms with Gasteiger partial charge in [-0.05, 0) is 32.4 Å². The van der Waals surface area contributed by atoms with Crippen LogP contribution in [0.15, 0.2) is 34.2 Å². The van der Waals surface area contributed by atoms with Gasteiger partial charge in [0, 0.05) is 5.69 Å². The molecule has 0 saturated heterocycles. The van der Waals surface area contributed by atoms with Crippen LogP contribution < -0.4 is 10.9 Å². The molecule has 0 aliphatic rings. The number of amides is 1. The predicted molar refractivity (Wildman–Crippen MR) is 94.1 cm³/mol. The van der Waals surface area contributed by atoms with Crippen LogP contribution in [0.5, 0.6) is 0 Å². The van der Waals surface area contributed by atoms with Crippen LogP contribution >= 0.6 is 11.8 Å². The lowest BCUT2D eigenvalue weighted by atomic mass is 10.2. The largest absolute Gasteiger partial charge is 0.325 e. The van der Waals surface area contributed by atoms with Crippen molar-refractivity contribution in [1.82, 2.24) is 9.97 Å². The van der Waals surface area contributed by atoms with Crippen molar-refractivity contribution in [2.24, 2.45) is 0 Å². The van der Waals surface area contributed by atoms with Crippen molar-refractivity contribution in [3.63, 3.8) is 0 Å². The molecule has 0 unspecified atom stereocenters. The summed E-state index contributed by atoms with van der Waals surface area (Å²) in [4.78, 5) is 31.0. The van der Waals surface area contributed by atoms with E-state index < -0.39 is 10.8 Å². The molecule has 6 nitrogen and oxygen atoms in total. The minimum Gasteiger partial charge on any atom is -0.325 e. The van der Waals surface area contributed by atoms with Gasteiger partial charge in [-0.1, -0.05) is 36.4 Å². The fraction of sp³-hybridized carbons (Fsp3) is 0.294. The van der Waals surface area contributed by atoms with Crippen molar-refractivity contribution in [3.05, 3.63) is 51.4 Å². The van der Waals surface area contributed by atoms with Gasteiger partial charge in [0.05, 0.1) is 10.9 Å². The number of aromatic nitrogens is 2. The molecule has 7 heteroatoms. The summed E-state index contributed by atoms with van der Waals surface area (Å²) < 4.78 is 0. The van der Waals surface area contributed by atoms with E-state index in [1.54, 1.807) is 6.92 Å². The first-order valence-corrected chi connectivity index (χ1v) is 8.40. The summed E-state index contributed by atoms with van der Waals surface area (Å²) in [6, 6.07) is 9.36. The third kappa shape index (κ3) is 4.24. The lowest BCUT2D eigenvalue weighted by Crippen LogP contribution is -2.24. The first kappa shape index (κ1) is 17.8. The van der Waals surface area contributed by atoms with Crippen LogP contribution in [0.1, 0.15) is 30.7 Å². The molecule has 1 atom stereocenters. The third-order valence-electron chi connectivity index (χ3n) is 3.40. The SMILES string of the molecule is CCc1nc(S[C@H](C)C(=O)Nc2ccc(C)cc2)[nH]c(=O)c1C#N. The van der Waals surface area contributed by atoms with Gasteiger partial charge in [0.25, 0.3) is 5.56 Å². The number of H-pyrrole nitrogens is 1. The molecule has 0 saturated carbocycles. The number of aromatic amines is 1. The maximum atomic E-state index is 12.3. The van der Waals surface area contributed by atoms with Crippen molar-refractivity contribution >= 4 is 23.4 Å². The van der Waals surface area contributed by atoms with Crippen molar-refractivity contribution in [1.29, 1.82) is 5.26 Å². The zero-order valence-electron chi connectivity index (χ0n) is 13.7. The number of nitriles is 1. The molecule has 0 aliphatic heterocycles. The molecule has 0 bridgehead atoms. The Morgan fingerprint density at radius 3 is 2.67 bits per heavy atom. The molecular formula is C17H18N4O2S. The Hall–Kier alpha value is -2.59. The second-order valence-electron chi connectivity index (χ2n) is 5.27. The molecule has 124 valence electrons. The molecule has 1 aromatic carbocycles. The van der Waals surface area contributed by atoms with Crippen molar-refractivity contribution in [2.45, 2.75) is 37.6 Å². The number of rotatable bonds is 5. The number of hydrogen-bond donors (Lipinski definition) is 2. The number of carbonyl (C=O) groups is 1. The molecule has 1 aromatic heterocycles. The van der Waals surface area contributed by atoms with Crippen LogP contribution in [0.4, 0.5) is 5.69 Å². The smallest absolute Gasteiger partial charge is 0.269 e. The van der Waals surface area contributed by atoms with E-state index in [1.807, 2.05) is 44.2 Å². The van der Waals surface area contributed by atoms with Gasteiger partial charge in [0.1, 0.15) is 11.6 Å². The highest BCUT2D eigenvalue weighted by Crippen LogP contribution is 2.21. The molecular weight excluding hydrogens is 324 g/mol. The Kier molecular flexibility index (Phi) is 5.77. The van der Waals surface area contributed by atoms with Crippen LogP contribution in [0.25, 0.3) is 0 Å². The molecule has 2 aromatic rings. The van der Waals surface area contributed by atoms with E-state index in [2.05, 4.69) is 15.3 Å². The zero-order valence-corrected chi connectivity index (χ0v) is 14.5. The van der Waals surface area contributed by atoms with Gasteiger partial charge >= 0.3 is 0 Å².